The molecule has 0 fully saturated rings. The third-order valence-electron chi connectivity index (χ3n) is 1.60. The summed E-state index contributed by atoms with van der Waals surface area (Å²) in [6, 6.07) is 2.75. The van der Waals surface area contributed by atoms with E-state index in [2.05, 4.69) is 4.72 Å². The number of nitrogens with one attached hydrogen (secondary N) is 1. The lowest BCUT2D eigenvalue weighted by molar-refractivity contribution is 0.236. The third-order valence-corrected chi connectivity index (χ3v) is 2.93. The Hall–Kier alpha value is -0.850. The number of rotatable bonds is 5. The molecule has 0 unspecified atom stereocenters. The molecular weight excluding hydrogens is 206 g/mol. The molecule has 5 nitrogen and oxygen atoms in total. The van der Waals surface area contributed by atoms with Gasteiger partial charge in [-0.05, 0) is 18.6 Å². The van der Waals surface area contributed by atoms with E-state index in [1.807, 2.05) is 6.92 Å². The van der Waals surface area contributed by atoms with Gasteiger partial charge in [-0.1, -0.05) is 6.92 Å². The van der Waals surface area contributed by atoms with Crippen LogP contribution in [0.1, 0.15) is 19.1 Å². The molecule has 0 atom stereocenters. The lowest BCUT2D eigenvalue weighted by atomic mass is 10.5. The first-order chi connectivity index (χ1) is 6.60. The van der Waals surface area contributed by atoms with Crippen LogP contribution < -0.4 is 4.72 Å². The van der Waals surface area contributed by atoms with E-state index in [1.54, 1.807) is 0 Å². The van der Waals surface area contributed by atoms with E-state index in [0.717, 1.165) is 0 Å². The molecule has 0 aliphatic carbocycles. The Balaban J connectivity index is 2.81. The highest BCUT2D eigenvalue weighted by Gasteiger charge is 2.17. The largest absolute Gasteiger partial charge is 0.446 e. The van der Waals surface area contributed by atoms with Crippen molar-refractivity contribution in [1.29, 1.82) is 0 Å². The van der Waals surface area contributed by atoms with Gasteiger partial charge in [-0.15, -0.1) is 0 Å². The molecule has 0 aromatic carbocycles. The van der Waals surface area contributed by atoms with E-state index in [4.69, 9.17) is 9.52 Å². The number of sulfonamides is 1. The second-order valence-corrected chi connectivity index (χ2v) is 4.47. The van der Waals surface area contributed by atoms with Gasteiger partial charge in [-0.3, -0.25) is 0 Å². The van der Waals surface area contributed by atoms with Crippen molar-refractivity contribution in [3.8, 4) is 0 Å². The van der Waals surface area contributed by atoms with Gasteiger partial charge in [-0.25, -0.2) is 13.1 Å². The van der Waals surface area contributed by atoms with Crippen molar-refractivity contribution in [1.82, 2.24) is 4.72 Å². The smallest absolute Gasteiger partial charge is 0.273 e. The standard InChI is InChI=1S/C8H13NO4S/c1-2-5-9-14(11,12)8-4-3-7(6-10)13-8/h3-4,9-10H,2,5-6H2,1H3. The summed E-state index contributed by atoms with van der Waals surface area (Å²) in [5.41, 5.74) is 0. The molecule has 1 aromatic rings. The van der Waals surface area contributed by atoms with Crippen LogP contribution in [0.3, 0.4) is 0 Å². The molecule has 1 rings (SSSR count). The van der Waals surface area contributed by atoms with Gasteiger partial charge in [0.15, 0.2) is 0 Å². The number of aliphatic hydroxyl groups is 1. The first-order valence-electron chi connectivity index (χ1n) is 4.29. The molecule has 14 heavy (non-hydrogen) atoms. The van der Waals surface area contributed by atoms with Crippen LogP contribution in [0.25, 0.3) is 0 Å². The predicted molar refractivity (Wildman–Crippen MR) is 50.1 cm³/mol. The molecule has 0 radical (unpaired) electrons. The predicted octanol–water partition coefficient (Wildman–Crippen LogP) is 0.460. The minimum Gasteiger partial charge on any atom is -0.446 e. The Morgan fingerprint density at radius 2 is 2.21 bits per heavy atom. The summed E-state index contributed by atoms with van der Waals surface area (Å²) in [6.07, 6.45) is 0.715. The van der Waals surface area contributed by atoms with E-state index in [9.17, 15) is 8.42 Å². The lowest BCUT2D eigenvalue weighted by Crippen LogP contribution is -2.23. The fraction of sp³-hybridized carbons (Fsp3) is 0.500. The summed E-state index contributed by atoms with van der Waals surface area (Å²) in [5.74, 6) is 0.238. The zero-order valence-corrected chi connectivity index (χ0v) is 8.67. The molecule has 1 aromatic heterocycles. The van der Waals surface area contributed by atoms with Crippen molar-refractivity contribution >= 4 is 10.0 Å². The molecule has 2 N–H and O–H groups in total. The number of hydrogen-bond donors (Lipinski definition) is 2. The summed E-state index contributed by atoms with van der Waals surface area (Å²) >= 11 is 0. The molecule has 0 spiro atoms. The lowest BCUT2D eigenvalue weighted by Gasteiger charge is -2.01. The maximum atomic E-state index is 11.4. The van der Waals surface area contributed by atoms with Crippen LogP contribution in [0.2, 0.25) is 0 Å². The number of aliphatic hydroxyl groups excluding tert-OH is 1. The summed E-state index contributed by atoms with van der Waals surface area (Å²) in [6.45, 7) is 1.94. The van der Waals surface area contributed by atoms with Crippen LogP contribution in [-0.2, 0) is 16.6 Å². The van der Waals surface area contributed by atoms with Crippen molar-refractivity contribution in [3.05, 3.63) is 17.9 Å². The molecule has 80 valence electrons. The minimum atomic E-state index is -3.54. The second-order valence-electron chi connectivity index (χ2n) is 2.78. The van der Waals surface area contributed by atoms with E-state index in [0.29, 0.717) is 13.0 Å². The van der Waals surface area contributed by atoms with Crippen molar-refractivity contribution in [2.24, 2.45) is 0 Å². The SMILES string of the molecule is CCCNS(=O)(=O)c1ccc(CO)o1. The van der Waals surface area contributed by atoms with Crippen LogP contribution in [-0.4, -0.2) is 20.1 Å². The van der Waals surface area contributed by atoms with Crippen LogP contribution in [0, 0.1) is 0 Å². The van der Waals surface area contributed by atoms with Crippen LogP contribution in [0.5, 0.6) is 0 Å². The van der Waals surface area contributed by atoms with Gasteiger partial charge < -0.3 is 9.52 Å². The van der Waals surface area contributed by atoms with Gasteiger partial charge in [0.2, 0.25) is 5.09 Å². The Morgan fingerprint density at radius 3 is 2.71 bits per heavy atom. The molecule has 0 amide bonds. The molecule has 0 aliphatic heterocycles. The Kier molecular flexibility index (Phi) is 3.68. The van der Waals surface area contributed by atoms with Gasteiger partial charge in [0.05, 0.1) is 0 Å². The summed E-state index contributed by atoms with van der Waals surface area (Å²) < 4.78 is 30.1. The van der Waals surface area contributed by atoms with Crippen molar-refractivity contribution in [2.45, 2.75) is 25.0 Å². The first kappa shape index (κ1) is 11.2. The molecule has 6 heteroatoms. The topological polar surface area (TPSA) is 79.5 Å². The Morgan fingerprint density at radius 1 is 1.50 bits per heavy atom. The van der Waals surface area contributed by atoms with E-state index < -0.39 is 10.0 Å². The van der Waals surface area contributed by atoms with Gasteiger partial charge in [0, 0.05) is 6.54 Å². The quantitative estimate of drug-likeness (QED) is 0.754. The highest BCUT2D eigenvalue weighted by molar-refractivity contribution is 7.89. The zero-order chi connectivity index (χ0) is 10.6. The van der Waals surface area contributed by atoms with Gasteiger partial charge >= 0.3 is 0 Å². The van der Waals surface area contributed by atoms with E-state index in [-0.39, 0.29) is 17.5 Å². The Bertz CT molecular complexity index is 382. The van der Waals surface area contributed by atoms with E-state index >= 15 is 0 Å². The summed E-state index contributed by atoms with van der Waals surface area (Å²) in [7, 11) is -3.54. The van der Waals surface area contributed by atoms with Gasteiger partial charge in [0.25, 0.3) is 10.0 Å². The molecule has 1 heterocycles. The van der Waals surface area contributed by atoms with Crippen LogP contribution in [0.15, 0.2) is 21.6 Å². The maximum Gasteiger partial charge on any atom is 0.273 e. The van der Waals surface area contributed by atoms with Gasteiger partial charge in [-0.2, -0.15) is 0 Å². The van der Waals surface area contributed by atoms with Crippen LogP contribution in [0.4, 0.5) is 0 Å². The molecule has 0 saturated carbocycles. The molecule has 0 aliphatic rings. The second kappa shape index (κ2) is 4.59. The average molecular weight is 219 g/mol. The Labute approximate surface area is 82.8 Å². The maximum absolute atomic E-state index is 11.4. The van der Waals surface area contributed by atoms with Crippen molar-refractivity contribution < 1.29 is 17.9 Å². The number of hydrogen-bond acceptors (Lipinski definition) is 4. The summed E-state index contributed by atoms with van der Waals surface area (Å²) in [5, 5.41) is 8.53. The molecule has 0 saturated heterocycles. The fourth-order valence-electron chi connectivity index (χ4n) is 0.895. The van der Waals surface area contributed by atoms with Gasteiger partial charge in [0.1, 0.15) is 12.4 Å². The monoisotopic (exact) mass is 219 g/mol. The molecular formula is C8H13NO4S. The summed E-state index contributed by atoms with van der Waals surface area (Å²) in [4.78, 5) is 0. The molecule has 0 bridgehead atoms. The fourth-order valence-corrected chi connectivity index (χ4v) is 1.97. The highest BCUT2D eigenvalue weighted by atomic mass is 32.2. The van der Waals surface area contributed by atoms with Crippen LogP contribution >= 0.6 is 0 Å². The first-order valence-corrected chi connectivity index (χ1v) is 5.77. The minimum absolute atomic E-state index is 0.157. The average Bonchev–Trinajstić information content (AvgIpc) is 2.63. The van der Waals surface area contributed by atoms with E-state index in [1.165, 1.54) is 12.1 Å². The number of furan rings is 1. The van der Waals surface area contributed by atoms with Crippen molar-refractivity contribution in [2.75, 3.05) is 6.54 Å². The van der Waals surface area contributed by atoms with Crippen molar-refractivity contribution in [3.63, 3.8) is 0 Å². The zero-order valence-electron chi connectivity index (χ0n) is 7.86. The normalized spacial score (nSPS) is 11.9. The highest BCUT2D eigenvalue weighted by Crippen LogP contribution is 2.13. The third kappa shape index (κ3) is 2.57.